The van der Waals surface area contributed by atoms with Crippen LogP contribution in [0.15, 0.2) is 98.0 Å². The number of carbonyl (C=O) groups is 1. The molecule has 4 aromatic rings. The van der Waals surface area contributed by atoms with Gasteiger partial charge in [-0.25, -0.2) is 4.39 Å². The van der Waals surface area contributed by atoms with Crippen molar-refractivity contribution in [3.63, 3.8) is 0 Å². The first-order chi connectivity index (χ1) is 18.0. The third-order valence-corrected chi connectivity index (χ3v) is 6.54. The molecule has 0 radical (unpaired) electrons. The van der Waals surface area contributed by atoms with E-state index >= 15 is 0 Å². The van der Waals surface area contributed by atoms with Gasteiger partial charge in [0.25, 0.3) is 5.91 Å². The van der Waals surface area contributed by atoms with Gasteiger partial charge in [0.2, 0.25) is 0 Å². The topological polar surface area (TPSA) is 61.4 Å². The molecular formula is C30H28FN5O. The van der Waals surface area contributed by atoms with E-state index in [1.807, 2.05) is 54.6 Å². The lowest BCUT2D eigenvalue weighted by Gasteiger charge is -2.37. The SMILES string of the molecule is C=C(c1ccc(C(=O)Nc2ccc(-c3cccnc3)cc2)nc1)N1CCN(Cc2ccc(F)cc2)CC1. The highest BCUT2D eigenvalue weighted by Gasteiger charge is 2.19. The molecule has 1 amide bonds. The van der Waals surface area contributed by atoms with E-state index in [4.69, 9.17) is 0 Å². The fraction of sp³-hybridized carbons (Fsp3) is 0.167. The Morgan fingerprint density at radius 2 is 1.65 bits per heavy atom. The summed E-state index contributed by atoms with van der Waals surface area (Å²) in [4.78, 5) is 25.8. The molecule has 0 atom stereocenters. The van der Waals surface area contributed by atoms with Gasteiger partial charge in [-0.2, -0.15) is 0 Å². The fourth-order valence-electron chi connectivity index (χ4n) is 4.38. The van der Waals surface area contributed by atoms with Gasteiger partial charge in [-0.15, -0.1) is 0 Å². The normalized spacial score (nSPS) is 13.8. The van der Waals surface area contributed by atoms with Crippen LogP contribution in [0.3, 0.4) is 0 Å². The van der Waals surface area contributed by atoms with E-state index in [1.165, 1.54) is 12.1 Å². The van der Waals surface area contributed by atoms with E-state index in [-0.39, 0.29) is 11.7 Å². The average Bonchev–Trinajstić information content (AvgIpc) is 2.95. The molecule has 0 saturated carbocycles. The molecule has 5 rings (SSSR count). The van der Waals surface area contributed by atoms with Crippen LogP contribution in [0.4, 0.5) is 10.1 Å². The predicted octanol–water partition coefficient (Wildman–Crippen LogP) is 5.32. The van der Waals surface area contributed by atoms with Crippen molar-refractivity contribution in [2.75, 3.05) is 31.5 Å². The number of piperazine rings is 1. The van der Waals surface area contributed by atoms with Gasteiger partial charge in [0.15, 0.2) is 0 Å². The first-order valence-electron chi connectivity index (χ1n) is 12.2. The highest BCUT2D eigenvalue weighted by molar-refractivity contribution is 6.03. The van der Waals surface area contributed by atoms with E-state index in [0.717, 1.165) is 60.7 Å². The maximum atomic E-state index is 13.1. The lowest BCUT2D eigenvalue weighted by Crippen LogP contribution is -2.44. The first-order valence-corrected chi connectivity index (χ1v) is 12.2. The predicted molar refractivity (Wildman–Crippen MR) is 144 cm³/mol. The number of halogens is 1. The summed E-state index contributed by atoms with van der Waals surface area (Å²) in [6, 6.07) is 21.8. The second-order valence-electron chi connectivity index (χ2n) is 9.04. The van der Waals surface area contributed by atoms with Crippen LogP contribution in [0.25, 0.3) is 16.8 Å². The van der Waals surface area contributed by atoms with Crippen molar-refractivity contribution in [3.05, 3.63) is 121 Å². The van der Waals surface area contributed by atoms with Crippen molar-refractivity contribution in [3.8, 4) is 11.1 Å². The monoisotopic (exact) mass is 493 g/mol. The highest BCUT2D eigenvalue weighted by Crippen LogP contribution is 2.22. The fourth-order valence-corrected chi connectivity index (χ4v) is 4.38. The second kappa shape index (κ2) is 11.1. The summed E-state index contributed by atoms with van der Waals surface area (Å²) in [6.45, 7) is 8.54. The van der Waals surface area contributed by atoms with Crippen molar-refractivity contribution < 1.29 is 9.18 Å². The van der Waals surface area contributed by atoms with Crippen molar-refractivity contribution in [2.24, 2.45) is 0 Å². The molecule has 1 aliphatic rings. The van der Waals surface area contributed by atoms with Gasteiger partial charge >= 0.3 is 0 Å². The number of carbonyl (C=O) groups excluding carboxylic acids is 1. The summed E-state index contributed by atoms with van der Waals surface area (Å²) in [5, 5.41) is 2.90. The maximum absolute atomic E-state index is 13.1. The summed E-state index contributed by atoms with van der Waals surface area (Å²) in [5.74, 6) is -0.474. The smallest absolute Gasteiger partial charge is 0.274 e. The molecule has 0 spiro atoms. The number of nitrogens with one attached hydrogen (secondary N) is 1. The summed E-state index contributed by atoms with van der Waals surface area (Å²) in [5.41, 5.74) is 5.99. The standard InChI is InChI=1S/C30H28FN5O/c1-22(36-17-15-35(16-18-36)21-23-4-9-27(31)10-5-23)25-8-13-29(33-20-25)30(37)34-28-11-6-24(7-12-28)26-3-2-14-32-19-26/h2-14,19-20H,1,15-18,21H2,(H,34,37). The molecule has 1 saturated heterocycles. The molecule has 2 aromatic heterocycles. The Balaban J connectivity index is 1.13. The van der Waals surface area contributed by atoms with Gasteiger partial charge < -0.3 is 10.2 Å². The summed E-state index contributed by atoms with van der Waals surface area (Å²) in [6.07, 6.45) is 5.25. The molecule has 186 valence electrons. The largest absolute Gasteiger partial charge is 0.369 e. The Morgan fingerprint density at radius 1 is 0.892 bits per heavy atom. The number of nitrogens with zero attached hydrogens (tertiary/aromatic N) is 4. The lowest BCUT2D eigenvalue weighted by atomic mass is 10.1. The number of pyridine rings is 2. The first kappa shape index (κ1) is 24.3. The molecule has 6 nitrogen and oxygen atoms in total. The number of aromatic nitrogens is 2. The molecule has 37 heavy (non-hydrogen) atoms. The average molecular weight is 494 g/mol. The minimum absolute atomic E-state index is 0.211. The van der Waals surface area contributed by atoms with Crippen LogP contribution in [-0.2, 0) is 6.54 Å². The lowest BCUT2D eigenvalue weighted by molar-refractivity contribution is 0.102. The summed E-state index contributed by atoms with van der Waals surface area (Å²) in [7, 11) is 0. The van der Waals surface area contributed by atoms with Crippen molar-refractivity contribution in [1.82, 2.24) is 19.8 Å². The zero-order valence-electron chi connectivity index (χ0n) is 20.5. The molecule has 0 unspecified atom stereocenters. The minimum Gasteiger partial charge on any atom is -0.369 e. The number of hydrogen-bond acceptors (Lipinski definition) is 5. The molecule has 1 fully saturated rings. The maximum Gasteiger partial charge on any atom is 0.274 e. The second-order valence-corrected chi connectivity index (χ2v) is 9.04. The third-order valence-electron chi connectivity index (χ3n) is 6.54. The minimum atomic E-state index is -0.263. The van der Waals surface area contributed by atoms with E-state index in [0.29, 0.717) is 11.4 Å². The van der Waals surface area contributed by atoms with Crippen LogP contribution >= 0.6 is 0 Å². The zero-order valence-corrected chi connectivity index (χ0v) is 20.5. The number of amides is 1. The van der Waals surface area contributed by atoms with Crippen molar-refractivity contribution >= 4 is 17.3 Å². The van der Waals surface area contributed by atoms with E-state index in [9.17, 15) is 9.18 Å². The van der Waals surface area contributed by atoms with E-state index in [2.05, 4.69) is 31.7 Å². The van der Waals surface area contributed by atoms with Gasteiger partial charge in [0.05, 0.1) is 0 Å². The van der Waals surface area contributed by atoms with Gasteiger partial charge in [0, 0.05) is 68.3 Å². The Bertz CT molecular complexity index is 1350. The highest BCUT2D eigenvalue weighted by atomic mass is 19.1. The molecule has 1 N–H and O–H groups in total. The van der Waals surface area contributed by atoms with E-state index in [1.54, 1.807) is 24.7 Å². The van der Waals surface area contributed by atoms with Gasteiger partial charge in [-0.05, 0) is 59.2 Å². The van der Waals surface area contributed by atoms with Crippen LogP contribution in [0.5, 0.6) is 0 Å². The van der Waals surface area contributed by atoms with Crippen LogP contribution in [-0.4, -0.2) is 51.9 Å². The Labute approximate surface area is 216 Å². The molecule has 0 aliphatic carbocycles. The molecular weight excluding hydrogens is 465 g/mol. The van der Waals surface area contributed by atoms with Crippen molar-refractivity contribution in [2.45, 2.75) is 6.54 Å². The summed E-state index contributed by atoms with van der Waals surface area (Å²) >= 11 is 0. The van der Waals surface area contributed by atoms with Crippen molar-refractivity contribution in [1.29, 1.82) is 0 Å². The Hall–Kier alpha value is -4.36. The zero-order chi connectivity index (χ0) is 25.6. The van der Waals surface area contributed by atoms with Gasteiger partial charge in [0.1, 0.15) is 11.5 Å². The molecule has 2 aromatic carbocycles. The Morgan fingerprint density at radius 3 is 2.30 bits per heavy atom. The van der Waals surface area contributed by atoms with Crippen LogP contribution in [0.2, 0.25) is 0 Å². The Kier molecular flexibility index (Phi) is 7.33. The molecule has 7 heteroatoms. The van der Waals surface area contributed by atoms with Crippen LogP contribution in [0.1, 0.15) is 21.6 Å². The molecule has 1 aliphatic heterocycles. The van der Waals surface area contributed by atoms with Crippen LogP contribution < -0.4 is 5.32 Å². The van der Waals surface area contributed by atoms with Gasteiger partial charge in [-0.1, -0.05) is 36.9 Å². The molecule has 3 heterocycles. The quantitative estimate of drug-likeness (QED) is 0.377. The number of rotatable bonds is 7. The summed E-state index contributed by atoms with van der Waals surface area (Å²) < 4.78 is 13.1. The molecule has 0 bridgehead atoms. The number of benzene rings is 2. The van der Waals surface area contributed by atoms with Crippen LogP contribution in [0, 0.1) is 5.82 Å². The number of anilines is 1. The van der Waals surface area contributed by atoms with Gasteiger partial charge in [-0.3, -0.25) is 19.7 Å². The number of hydrogen-bond donors (Lipinski definition) is 1. The third kappa shape index (κ3) is 6.08. The van der Waals surface area contributed by atoms with E-state index < -0.39 is 0 Å².